The zero-order valence-corrected chi connectivity index (χ0v) is 21.9. The van der Waals surface area contributed by atoms with Crippen molar-refractivity contribution in [3.63, 3.8) is 0 Å². The lowest BCUT2D eigenvalue weighted by Crippen LogP contribution is -2.66. The monoisotopic (exact) mass is 560 g/mol. The molecule has 3 amide bonds. The van der Waals surface area contributed by atoms with Crippen molar-refractivity contribution < 1.29 is 42.9 Å². The summed E-state index contributed by atoms with van der Waals surface area (Å²) >= 11 is 0. The Bertz CT molecular complexity index is 1370. The van der Waals surface area contributed by atoms with E-state index in [1.165, 1.54) is 6.07 Å². The second kappa shape index (κ2) is 11.9. The number of hydrogen-bond acceptors (Lipinski definition) is 9. The predicted molar refractivity (Wildman–Crippen MR) is 139 cm³/mol. The van der Waals surface area contributed by atoms with Crippen LogP contribution in [0.3, 0.4) is 0 Å². The van der Waals surface area contributed by atoms with Crippen molar-refractivity contribution in [3.05, 3.63) is 59.7 Å². The summed E-state index contributed by atoms with van der Waals surface area (Å²) in [5, 5.41) is 35.1. The van der Waals surface area contributed by atoms with Crippen LogP contribution in [0.25, 0.3) is 0 Å². The number of benzene rings is 2. The molecule has 2 aromatic carbocycles. The minimum atomic E-state index is -3.49. The van der Waals surface area contributed by atoms with Crippen LogP contribution >= 0.6 is 0 Å². The molecule has 14 heteroatoms. The van der Waals surface area contributed by atoms with Gasteiger partial charge in [0, 0.05) is 30.7 Å². The highest BCUT2D eigenvalue weighted by Crippen LogP contribution is 2.29. The third-order valence-corrected chi connectivity index (χ3v) is 7.48. The molecule has 1 saturated heterocycles. The topological polar surface area (TPSA) is 203 Å². The van der Waals surface area contributed by atoms with Crippen LogP contribution in [-0.4, -0.2) is 81.4 Å². The number of carboxylic acid groups (broad SMARTS) is 1. The Labute approximate surface area is 225 Å². The van der Waals surface area contributed by atoms with Gasteiger partial charge in [-0.15, -0.1) is 0 Å². The molecule has 208 valence electrons. The molecule has 13 nitrogen and oxygen atoms in total. The number of carboxylic acids is 1. The summed E-state index contributed by atoms with van der Waals surface area (Å²) in [6.07, 6.45) is 0.818. The van der Waals surface area contributed by atoms with Gasteiger partial charge in [0.05, 0.1) is 0 Å². The number of nitrogens with zero attached hydrogens (tertiary/aromatic N) is 2. The first-order chi connectivity index (χ1) is 18.3. The molecule has 4 atom stereocenters. The Hall–Kier alpha value is -4.46. The van der Waals surface area contributed by atoms with Crippen molar-refractivity contribution in [2.45, 2.75) is 49.6 Å². The fourth-order valence-corrected chi connectivity index (χ4v) is 4.71. The van der Waals surface area contributed by atoms with E-state index >= 15 is 0 Å². The first kappa shape index (κ1) is 29.1. The third kappa shape index (κ3) is 6.52. The minimum absolute atomic E-state index is 0.00261. The number of aliphatic carboxylic acids is 1. The van der Waals surface area contributed by atoms with Crippen molar-refractivity contribution in [2.24, 2.45) is 5.10 Å². The fourth-order valence-electron chi connectivity index (χ4n) is 4.13. The zero-order chi connectivity index (χ0) is 28.9. The van der Waals surface area contributed by atoms with E-state index in [0.29, 0.717) is 5.56 Å². The van der Waals surface area contributed by atoms with Crippen LogP contribution in [0.4, 0.5) is 0 Å². The number of amides is 3. The average molecular weight is 561 g/mol. The van der Waals surface area contributed by atoms with E-state index in [1.54, 1.807) is 37.3 Å². The molecule has 0 aliphatic carbocycles. The summed E-state index contributed by atoms with van der Waals surface area (Å²) in [7, 11) is -3.49. The van der Waals surface area contributed by atoms with E-state index in [2.05, 4.69) is 15.8 Å². The molecule has 1 heterocycles. The van der Waals surface area contributed by atoms with E-state index in [0.717, 1.165) is 30.2 Å². The van der Waals surface area contributed by atoms with Crippen LogP contribution in [0, 0.1) is 0 Å². The van der Waals surface area contributed by atoms with E-state index in [-0.39, 0.29) is 18.4 Å². The van der Waals surface area contributed by atoms with Crippen LogP contribution in [0.15, 0.2) is 53.6 Å². The summed E-state index contributed by atoms with van der Waals surface area (Å²) in [6, 6.07) is 8.48. The molecule has 39 heavy (non-hydrogen) atoms. The van der Waals surface area contributed by atoms with Crippen LogP contribution in [0.2, 0.25) is 0 Å². The lowest BCUT2D eigenvalue weighted by Gasteiger charge is -2.45. The molecule has 1 fully saturated rings. The maximum absolute atomic E-state index is 13.0. The van der Waals surface area contributed by atoms with Crippen molar-refractivity contribution in [3.8, 4) is 11.5 Å². The highest BCUT2D eigenvalue weighted by atomic mass is 32.2. The second-order valence-electron chi connectivity index (χ2n) is 9.23. The number of carbonyl (C=O) groups excluding carboxylic acids is 3. The van der Waals surface area contributed by atoms with Gasteiger partial charge in [0.25, 0.3) is 11.8 Å². The Kier molecular flexibility index (Phi) is 8.91. The Morgan fingerprint density at radius 2 is 1.82 bits per heavy atom. The van der Waals surface area contributed by atoms with Crippen molar-refractivity contribution >= 4 is 40.6 Å². The number of nitrogens with one attached hydrogen (secondary N) is 2. The van der Waals surface area contributed by atoms with Crippen molar-refractivity contribution in [1.82, 2.24) is 15.6 Å². The molecular weight excluding hydrogens is 532 g/mol. The maximum atomic E-state index is 13.0. The third-order valence-electron chi connectivity index (χ3n) is 6.33. The first-order valence-corrected chi connectivity index (χ1v) is 12.9. The van der Waals surface area contributed by atoms with Crippen LogP contribution in [0.5, 0.6) is 11.5 Å². The van der Waals surface area contributed by atoms with Crippen LogP contribution < -0.4 is 10.7 Å². The molecule has 0 bridgehead atoms. The number of thiol groups is 1. The van der Waals surface area contributed by atoms with Gasteiger partial charge in [0.2, 0.25) is 5.91 Å². The number of likely N-dealkylation sites (tertiary alicyclic amines) is 1. The van der Waals surface area contributed by atoms with Crippen molar-refractivity contribution in [2.75, 3.05) is 0 Å². The highest BCUT2D eigenvalue weighted by molar-refractivity contribution is 7.75. The van der Waals surface area contributed by atoms with Gasteiger partial charge >= 0.3 is 5.97 Å². The standard InChI is InChI=1S/C25H28N4O9S/c1-14-10-20(32)29(14)21(24(35)36)25(2,39(37)38)13-26-28-23(34)17(11-15-6-4-3-5-7-15)27-22(33)16-8-9-18(30)19(31)12-16/h3-9,12-14,17,21,30-31,39H,10-11H2,1-2H3,(H,27,33)(H,28,34)(H,35,36)/b26-13+/t14-,17+,21+,25+/m1/s1. The molecule has 0 spiro atoms. The maximum Gasteiger partial charge on any atom is 0.328 e. The number of β-lactam (4-membered cyclic amide) rings is 1. The first-order valence-electron chi connectivity index (χ1n) is 11.7. The molecule has 0 radical (unpaired) electrons. The normalized spacial score (nSPS) is 18.2. The lowest BCUT2D eigenvalue weighted by atomic mass is 9.92. The number of carbonyl (C=O) groups is 4. The summed E-state index contributed by atoms with van der Waals surface area (Å²) in [5.41, 5.74) is 2.76. The summed E-state index contributed by atoms with van der Waals surface area (Å²) in [6.45, 7) is 2.66. The Morgan fingerprint density at radius 1 is 1.15 bits per heavy atom. The van der Waals surface area contributed by atoms with Gasteiger partial charge in [-0.25, -0.2) is 18.6 Å². The van der Waals surface area contributed by atoms with E-state index in [9.17, 15) is 42.9 Å². The molecule has 3 rings (SSSR count). The minimum Gasteiger partial charge on any atom is -0.504 e. The summed E-state index contributed by atoms with van der Waals surface area (Å²) in [4.78, 5) is 50.8. The second-order valence-corrected chi connectivity index (χ2v) is 10.7. The van der Waals surface area contributed by atoms with E-state index in [1.807, 2.05) is 0 Å². The molecule has 0 aromatic heterocycles. The van der Waals surface area contributed by atoms with Gasteiger partial charge in [-0.3, -0.25) is 14.4 Å². The molecular formula is C25H28N4O9S. The quantitative estimate of drug-likeness (QED) is 0.0718. The molecule has 0 saturated carbocycles. The smallest absolute Gasteiger partial charge is 0.328 e. The number of rotatable bonds is 11. The number of phenols is 2. The van der Waals surface area contributed by atoms with Gasteiger partial charge < -0.3 is 25.5 Å². The SMILES string of the molecule is C[C@@H]1CC(=O)N1[C@@H](C(=O)O)[C@](C)(/C=N/NC(=O)[C@H](Cc1ccccc1)NC(=O)c1ccc(O)c(O)c1)[SH](=O)=O. The fraction of sp³-hybridized carbons (Fsp3) is 0.320. The van der Waals surface area contributed by atoms with Crippen LogP contribution in [0.1, 0.15) is 36.2 Å². The average Bonchev–Trinajstić information content (AvgIpc) is 2.88. The van der Waals surface area contributed by atoms with Crippen LogP contribution in [-0.2, 0) is 31.5 Å². The number of hydrogen-bond donors (Lipinski definition) is 6. The molecule has 5 N–H and O–H groups in total. The van der Waals surface area contributed by atoms with E-state index in [4.69, 9.17) is 0 Å². The van der Waals surface area contributed by atoms with Gasteiger partial charge in [-0.1, -0.05) is 30.3 Å². The van der Waals surface area contributed by atoms with Crippen molar-refractivity contribution in [1.29, 1.82) is 0 Å². The summed E-state index contributed by atoms with van der Waals surface area (Å²) < 4.78 is 22.2. The zero-order valence-electron chi connectivity index (χ0n) is 21.0. The van der Waals surface area contributed by atoms with E-state index < -0.39 is 68.8 Å². The molecule has 1 aliphatic heterocycles. The van der Waals surface area contributed by atoms with Gasteiger partial charge in [-0.05, 0) is 37.6 Å². The number of aromatic hydroxyl groups is 2. The largest absolute Gasteiger partial charge is 0.504 e. The Morgan fingerprint density at radius 3 is 2.36 bits per heavy atom. The van der Waals surface area contributed by atoms with Gasteiger partial charge in [0.1, 0.15) is 10.8 Å². The number of hydrazone groups is 1. The predicted octanol–water partition coefficient (Wildman–Crippen LogP) is -0.0150. The number of phenolic OH excluding ortho intramolecular Hbond substituents is 2. The van der Waals surface area contributed by atoms with Gasteiger partial charge in [0.15, 0.2) is 28.2 Å². The molecule has 2 aromatic rings. The Balaban J connectivity index is 1.84. The highest BCUT2D eigenvalue weighted by Gasteiger charge is 2.52. The molecule has 1 aliphatic rings. The molecule has 0 unspecified atom stereocenters. The lowest BCUT2D eigenvalue weighted by molar-refractivity contribution is -0.161. The summed E-state index contributed by atoms with van der Waals surface area (Å²) in [5.74, 6) is -4.66. The van der Waals surface area contributed by atoms with Gasteiger partial charge in [-0.2, -0.15) is 5.10 Å².